The molecule has 0 spiro atoms. The number of hydrogen-bond donors (Lipinski definition) is 1. The second-order valence-electron chi connectivity index (χ2n) is 3.78. The standard InChI is InChI=1S/C12H8F3N3O2S/c13-12(14,15)7-2-1-3-8(4-7)20-18-9(5-19)10-6-21-11(16)17-10/h1-6H,(H2,16,17)/b18-9-. The smallest absolute Gasteiger partial charge is 0.375 e. The van der Waals surface area contributed by atoms with Crippen molar-refractivity contribution in [3.63, 3.8) is 0 Å². The molecule has 0 aliphatic carbocycles. The van der Waals surface area contributed by atoms with E-state index in [2.05, 4.69) is 10.1 Å². The molecule has 0 radical (unpaired) electrons. The van der Waals surface area contributed by atoms with Crippen LogP contribution < -0.4 is 10.6 Å². The summed E-state index contributed by atoms with van der Waals surface area (Å²) in [6.45, 7) is 0. The van der Waals surface area contributed by atoms with Gasteiger partial charge in [-0.05, 0) is 18.2 Å². The molecule has 0 unspecified atom stereocenters. The third kappa shape index (κ3) is 3.78. The minimum Gasteiger partial charge on any atom is -0.375 e. The van der Waals surface area contributed by atoms with Crippen molar-refractivity contribution in [2.45, 2.75) is 6.18 Å². The van der Waals surface area contributed by atoms with Crippen molar-refractivity contribution < 1.29 is 22.8 Å². The fourth-order valence-corrected chi connectivity index (χ4v) is 1.92. The Hall–Kier alpha value is -2.42. The summed E-state index contributed by atoms with van der Waals surface area (Å²) in [4.78, 5) is 19.6. The third-order valence-corrected chi connectivity index (χ3v) is 2.98. The largest absolute Gasteiger partial charge is 0.416 e. The molecular weight excluding hydrogens is 307 g/mol. The fourth-order valence-electron chi connectivity index (χ4n) is 1.37. The van der Waals surface area contributed by atoms with Crippen LogP contribution in [0.1, 0.15) is 11.3 Å². The van der Waals surface area contributed by atoms with E-state index in [9.17, 15) is 18.0 Å². The second kappa shape index (κ2) is 5.92. The summed E-state index contributed by atoms with van der Waals surface area (Å²) >= 11 is 1.10. The molecule has 5 nitrogen and oxygen atoms in total. The van der Waals surface area contributed by atoms with Crippen molar-refractivity contribution in [1.29, 1.82) is 0 Å². The molecule has 1 aromatic heterocycles. The number of nitrogens with zero attached hydrogens (tertiary/aromatic N) is 2. The van der Waals surface area contributed by atoms with Crippen LogP contribution in [0.3, 0.4) is 0 Å². The summed E-state index contributed by atoms with van der Waals surface area (Å²) in [5.41, 5.74) is 4.57. The van der Waals surface area contributed by atoms with Crippen molar-refractivity contribution in [1.82, 2.24) is 4.98 Å². The Labute approximate surface area is 120 Å². The molecule has 0 aliphatic heterocycles. The summed E-state index contributed by atoms with van der Waals surface area (Å²) in [7, 11) is 0. The van der Waals surface area contributed by atoms with E-state index in [4.69, 9.17) is 10.6 Å². The number of nitrogens with two attached hydrogens (primary N) is 1. The first-order chi connectivity index (χ1) is 9.90. The van der Waals surface area contributed by atoms with Crippen LogP contribution in [0.15, 0.2) is 34.8 Å². The molecule has 1 heterocycles. The Morgan fingerprint density at radius 1 is 1.43 bits per heavy atom. The summed E-state index contributed by atoms with van der Waals surface area (Å²) in [5, 5.41) is 5.21. The molecule has 9 heteroatoms. The van der Waals surface area contributed by atoms with Gasteiger partial charge in [0.2, 0.25) is 0 Å². The van der Waals surface area contributed by atoms with Crippen molar-refractivity contribution in [3.05, 3.63) is 40.9 Å². The molecular formula is C12H8F3N3O2S. The molecule has 21 heavy (non-hydrogen) atoms. The first-order valence-corrected chi connectivity index (χ1v) is 6.37. The zero-order valence-electron chi connectivity index (χ0n) is 10.3. The van der Waals surface area contributed by atoms with Crippen LogP contribution in [0, 0.1) is 0 Å². The number of rotatable bonds is 4. The number of hydrogen-bond acceptors (Lipinski definition) is 6. The van der Waals surface area contributed by atoms with E-state index < -0.39 is 11.7 Å². The van der Waals surface area contributed by atoms with Gasteiger partial charge >= 0.3 is 6.18 Å². The zero-order valence-corrected chi connectivity index (χ0v) is 11.1. The van der Waals surface area contributed by atoms with Gasteiger partial charge in [0.25, 0.3) is 0 Å². The lowest BCUT2D eigenvalue weighted by molar-refractivity contribution is -0.137. The number of nitrogen functional groups attached to an aromatic ring is 1. The van der Waals surface area contributed by atoms with Gasteiger partial charge in [-0.2, -0.15) is 13.2 Å². The molecule has 2 rings (SSSR count). The molecule has 2 aromatic rings. The number of carbonyl (C=O) groups is 1. The maximum Gasteiger partial charge on any atom is 0.416 e. The van der Waals surface area contributed by atoms with Crippen LogP contribution in [-0.4, -0.2) is 17.0 Å². The number of oxime groups is 1. The molecule has 0 amide bonds. The zero-order chi connectivity index (χ0) is 15.5. The molecule has 0 saturated heterocycles. The maximum atomic E-state index is 12.5. The monoisotopic (exact) mass is 315 g/mol. The first kappa shape index (κ1) is 15.0. The number of aldehydes is 1. The van der Waals surface area contributed by atoms with Gasteiger partial charge in [-0.25, -0.2) is 4.98 Å². The van der Waals surface area contributed by atoms with Gasteiger partial charge in [-0.3, -0.25) is 4.79 Å². The highest BCUT2D eigenvalue weighted by Crippen LogP contribution is 2.31. The molecule has 0 aliphatic rings. The van der Waals surface area contributed by atoms with Crippen LogP contribution in [0.4, 0.5) is 18.3 Å². The van der Waals surface area contributed by atoms with E-state index in [1.54, 1.807) is 0 Å². The van der Waals surface area contributed by atoms with Gasteiger partial charge in [-0.1, -0.05) is 11.2 Å². The van der Waals surface area contributed by atoms with Crippen molar-refractivity contribution >= 4 is 28.5 Å². The number of halogens is 3. The van der Waals surface area contributed by atoms with E-state index >= 15 is 0 Å². The van der Waals surface area contributed by atoms with E-state index in [1.165, 1.54) is 17.5 Å². The highest BCUT2D eigenvalue weighted by Gasteiger charge is 2.30. The van der Waals surface area contributed by atoms with Gasteiger partial charge in [0.15, 0.2) is 22.9 Å². The SMILES string of the molecule is Nc1nc(/C(C=O)=N\Oc2cccc(C(F)(F)F)c2)cs1. The summed E-state index contributed by atoms with van der Waals surface area (Å²) in [6, 6.07) is 4.14. The van der Waals surface area contributed by atoms with Crippen LogP contribution in [0.25, 0.3) is 0 Å². The van der Waals surface area contributed by atoms with Crippen LogP contribution in [-0.2, 0) is 11.0 Å². The minimum absolute atomic E-state index is 0.146. The summed E-state index contributed by atoms with van der Waals surface area (Å²) < 4.78 is 37.6. The predicted octanol–water partition coefficient (Wildman–Crippen LogP) is 2.73. The first-order valence-electron chi connectivity index (χ1n) is 5.49. The van der Waals surface area contributed by atoms with Gasteiger partial charge in [0.05, 0.1) is 5.56 Å². The van der Waals surface area contributed by atoms with Gasteiger partial charge in [0, 0.05) is 5.38 Å². The Morgan fingerprint density at radius 2 is 2.19 bits per heavy atom. The van der Waals surface area contributed by atoms with Crippen LogP contribution in [0.2, 0.25) is 0 Å². The van der Waals surface area contributed by atoms with Crippen LogP contribution in [0.5, 0.6) is 5.75 Å². The Morgan fingerprint density at radius 3 is 2.76 bits per heavy atom. The highest BCUT2D eigenvalue weighted by molar-refractivity contribution is 7.13. The van der Waals surface area contributed by atoms with Gasteiger partial charge < -0.3 is 10.6 Å². The number of thiazole rings is 1. The predicted molar refractivity (Wildman–Crippen MR) is 71.2 cm³/mol. The maximum absolute atomic E-state index is 12.5. The number of anilines is 1. The summed E-state index contributed by atoms with van der Waals surface area (Å²) in [6.07, 6.45) is -4.11. The average Bonchev–Trinajstić information content (AvgIpc) is 2.85. The number of aromatic nitrogens is 1. The molecule has 0 bridgehead atoms. The lowest BCUT2D eigenvalue weighted by Crippen LogP contribution is -2.07. The normalized spacial score (nSPS) is 12.2. The molecule has 0 atom stereocenters. The third-order valence-electron chi connectivity index (χ3n) is 2.31. The van der Waals surface area contributed by atoms with E-state index in [-0.39, 0.29) is 22.3 Å². The summed E-state index contributed by atoms with van der Waals surface area (Å²) in [5.74, 6) is -0.146. The van der Waals surface area contributed by atoms with Crippen molar-refractivity contribution in [2.75, 3.05) is 5.73 Å². The quantitative estimate of drug-likeness (QED) is 0.534. The number of carbonyl (C=O) groups excluding carboxylic acids is 1. The Balaban J connectivity index is 2.21. The minimum atomic E-state index is -4.49. The molecule has 110 valence electrons. The Kier molecular flexibility index (Phi) is 4.22. The molecule has 0 fully saturated rings. The lowest BCUT2D eigenvalue weighted by Gasteiger charge is -2.07. The Bertz CT molecular complexity index is 682. The van der Waals surface area contributed by atoms with Gasteiger partial charge in [-0.15, -0.1) is 11.3 Å². The average molecular weight is 315 g/mol. The number of alkyl halides is 3. The van der Waals surface area contributed by atoms with Crippen molar-refractivity contribution in [2.24, 2.45) is 5.16 Å². The molecule has 2 N–H and O–H groups in total. The number of benzene rings is 1. The molecule has 0 saturated carbocycles. The van der Waals surface area contributed by atoms with E-state index in [0.29, 0.717) is 6.29 Å². The lowest BCUT2D eigenvalue weighted by atomic mass is 10.2. The fraction of sp³-hybridized carbons (Fsp3) is 0.0833. The topological polar surface area (TPSA) is 77.6 Å². The van der Waals surface area contributed by atoms with E-state index in [1.807, 2.05) is 0 Å². The second-order valence-corrected chi connectivity index (χ2v) is 4.67. The van der Waals surface area contributed by atoms with Crippen molar-refractivity contribution in [3.8, 4) is 5.75 Å². The van der Waals surface area contributed by atoms with E-state index in [0.717, 1.165) is 23.5 Å². The molecule has 1 aromatic carbocycles. The van der Waals surface area contributed by atoms with Crippen LogP contribution >= 0.6 is 11.3 Å². The highest BCUT2D eigenvalue weighted by atomic mass is 32.1. The van der Waals surface area contributed by atoms with Gasteiger partial charge in [0.1, 0.15) is 5.69 Å².